The van der Waals surface area contributed by atoms with E-state index in [0.717, 1.165) is 29.7 Å². The summed E-state index contributed by atoms with van der Waals surface area (Å²) in [5, 5.41) is 7.24. The van der Waals surface area contributed by atoms with Crippen LogP contribution < -0.4 is 5.32 Å². The maximum absolute atomic E-state index is 12.4. The number of nitrogens with zero attached hydrogens (tertiary/aromatic N) is 1. The van der Waals surface area contributed by atoms with E-state index in [-0.39, 0.29) is 11.8 Å². The molecule has 2 aliphatic carbocycles. The molecule has 0 spiro atoms. The van der Waals surface area contributed by atoms with Crippen LogP contribution >= 0.6 is 11.3 Å². The Labute approximate surface area is 134 Å². The first-order valence-corrected chi connectivity index (χ1v) is 8.67. The summed E-state index contributed by atoms with van der Waals surface area (Å²) in [6.07, 6.45) is 8.48. The Morgan fingerprint density at radius 2 is 2.27 bits per heavy atom. The maximum atomic E-state index is 12.4. The molecule has 0 radical (unpaired) electrons. The van der Waals surface area contributed by atoms with Gasteiger partial charge in [-0.15, -0.1) is 0 Å². The van der Waals surface area contributed by atoms with E-state index in [2.05, 4.69) is 40.0 Å². The molecule has 3 nitrogen and oxygen atoms in total. The van der Waals surface area contributed by atoms with Gasteiger partial charge in [-0.05, 0) is 53.8 Å². The molecule has 112 valence electrons. The van der Waals surface area contributed by atoms with E-state index < -0.39 is 0 Å². The maximum Gasteiger partial charge on any atom is 0.223 e. The second-order valence-electron chi connectivity index (χ2n) is 6.17. The Morgan fingerprint density at radius 1 is 1.32 bits per heavy atom. The van der Waals surface area contributed by atoms with E-state index in [1.165, 1.54) is 0 Å². The van der Waals surface area contributed by atoms with Gasteiger partial charge < -0.3 is 5.32 Å². The molecule has 1 N–H and O–H groups in total. The molecule has 3 unspecified atom stereocenters. The van der Waals surface area contributed by atoms with Crippen LogP contribution in [-0.2, 0) is 11.3 Å². The number of fused-ring (bicyclic) bond motifs is 2. The molecule has 2 bridgehead atoms. The molecule has 2 aromatic heterocycles. The largest absolute Gasteiger partial charge is 0.352 e. The van der Waals surface area contributed by atoms with Gasteiger partial charge in [-0.3, -0.25) is 9.78 Å². The van der Waals surface area contributed by atoms with Gasteiger partial charge in [0.2, 0.25) is 5.91 Å². The molecule has 4 heteroatoms. The van der Waals surface area contributed by atoms with Crippen molar-refractivity contribution in [2.45, 2.75) is 19.4 Å². The smallest absolute Gasteiger partial charge is 0.223 e. The first-order chi connectivity index (χ1) is 10.8. The predicted octanol–water partition coefficient (Wildman–Crippen LogP) is 3.64. The number of carbonyl (C=O) groups excluding carboxylic acids is 1. The van der Waals surface area contributed by atoms with Crippen molar-refractivity contribution in [2.24, 2.45) is 17.8 Å². The van der Waals surface area contributed by atoms with Crippen molar-refractivity contribution in [1.29, 1.82) is 0 Å². The number of carbonyl (C=O) groups is 1. The van der Waals surface area contributed by atoms with E-state index in [9.17, 15) is 4.79 Å². The lowest BCUT2D eigenvalue weighted by Crippen LogP contribution is -2.32. The molecule has 4 rings (SSSR count). The van der Waals surface area contributed by atoms with Gasteiger partial charge in [0.15, 0.2) is 0 Å². The number of pyridine rings is 1. The summed E-state index contributed by atoms with van der Waals surface area (Å²) >= 11 is 1.67. The molecule has 1 saturated carbocycles. The molecule has 0 aliphatic heterocycles. The van der Waals surface area contributed by atoms with Gasteiger partial charge in [0.1, 0.15) is 0 Å². The lowest BCUT2D eigenvalue weighted by molar-refractivity contribution is -0.125. The highest BCUT2D eigenvalue weighted by atomic mass is 32.1. The van der Waals surface area contributed by atoms with Crippen LogP contribution in [-0.4, -0.2) is 10.9 Å². The Balaban J connectivity index is 1.41. The lowest BCUT2D eigenvalue weighted by Gasteiger charge is -2.17. The number of hydrogen-bond donors (Lipinski definition) is 1. The van der Waals surface area contributed by atoms with Gasteiger partial charge in [-0.25, -0.2) is 0 Å². The van der Waals surface area contributed by atoms with Gasteiger partial charge in [0.05, 0.1) is 5.69 Å². The highest BCUT2D eigenvalue weighted by Gasteiger charge is 2.39. The summed E-state index contributed by atoms with van der Waals surface area (Å²) in [5.74, 6) is 1.47. The number of aromatic nitrogens is 1. The van der Waals surface area contributed by atoms with Gasteiger partial charge >= 0.3 is 0 Å². The standard InChI is InChI=1S/C18H18N2OS/c21-18(16-8-12-1-2-14(16)7-12)20-10-13-3-5-19-17(9-13)15-4-6-22-11-15/h1-6,9,11-12,14,16H,7-8,10H2,(H,20,21). The van der Waals surface area contributed by atoms with Crippen molar-refractivity contribution in [1.82, 2.24) is 10.3 Å². The summed E-state index contributed by atoms with van der Waals surface area (Å²) < 4.78 is 0. The zero-order chi connectivity index (χ0) is 14.9. The Hall–Kier alpha value is -1.94. The quantitative estimate of drug-likeness (QED) is 0.876. The molecule has 2 aliphatic rings. The van der Waals surface area contributed by atoms with Crippen LogP contribution in [0.4, 0.5) is 0 Å². The first-order valence-electron chi connectivity index (χ1n) is 7.73. The summed E-state index contributed by atoms with van der Waals surface area (Å²) in [6.45, 7) is 0.579. The molecule has 22 heavy (non-hydrogen) atoms. The van der Waals surface area contributed by atoms with Gasteiger partial charge in [0.25, 0.3) is 0 Å². The first kappa shape index (κ1) is 13.7. The number of nitrogens with one attached hydrogen (secondary N) is 1. The monoisotopic (exact) mass is 310 g/mol. The minimum absolute atomic E-state index is 0.174. The van der Waals surface area contributed by atoms with Gasteiger partial charge in [-0.1, -0.05) is 12.2 Å². The van der Waals surface area contributed by atoms with Gasteiger partial charge in [0, 0.05) is 29.6 Å². The van der Waals surface area contributed by atoms with Crippen LogP contribution in [0.25, 0.3) is 11.3 Å². The van der Waals surface area contributed by atoms with Crippen molar-refractivity contribution in [3.05, 3.63) is 52.9 Å². The molecule has 0 aromatic carbocycles. The van der Waals surface area contributed by atoms with Crippen LogP contribution in [0.15, 0.2) is 47.3 Å². The highest BCUT2D eigenvalue weighted by Crippen LogP contribution is 2.43. The second-order valence-corrected chi connectivity index (χ2v) is 6.95. The SMILES string of the molecule is O=C(NCc1ccnc(-c2ccsc2)c1)C1CC2C=CC1C2. The molecule has 2 aromatic rings. The molecule has 0 saturated heterocycles. The topological polar surface area (TPSA) is 42.0 Å². The van der Waals surface area contributed by atoms with E-state index in [0.29, 0.717) is 18.4 Å². The number of thiophene rings is 1. The lowest BCUT2D eigenvalue weighted by atomic mass is 9.93. The van der Waals surface area contributed by atoms with E-state index in [1.54, 1.807) is 11.3 Å². The van der Waals surface area contributed by atoms with Crippen molar-refractivity contribution in [3.8, 4) is 11.3 Å². The fourth-order valence-corrected chi connectivity index (χ4v) is 4.20. The molecule has 2 heterocycles. The Morgan fingerprint density at radius 3 is 3.00 bits per heavy atom. The third kappa shape index (κ3) is 2.59. The third-order valence-electron chi connectivity index (χ3n) is 4.72. The zero-order valence-corrected chi connectivity index (χ0v) is 13.1. The van der Waals surface area contributed by atoms with E-state index in [4.69, 9.17) is 0 Å². The number of hydrogen-bond acceptors (Lipinski definition) is 3. The number of allylic oxidation sites excluding steroid dienone is 2. The third-order valence-corrected chi connectivity index (χ3v) is 5.41. The number of amides is 1. The van der Waals surface area contributed by atoms with E-state index >= 15 is 0 Å². The number of rotatable bonds is 4. The average molecular weight is 310 g/mol. The van der Waals surface area contributed by atoms with Crippen molar-refractivity contribution >= 4 is 17.2 Å². The summed E-state index contributed by atoms with van der Waals surface area (Å²) in [5.41, 5.74) is 3.20. The Bertz CT molecular complexity index is 708. The molecule has 3 atom stereocenters. The van der Waals surface area contributed by atoms with Crippen molar-refractivity contribution in [3.63, 3.8) is 0 Å². The molecular formula is C18H18N2OS. The normalized spacial score (nSPS) is 25.5. The minimum Gasteiger partial charge on any atom is -0.352 e. The summed E-state index contributed by atoms with van der Waals surface area (Å²) in [7, 11) is 0. The molecule has 1 amide bonds. The van der Waals surface area contributed by atoms with Crippen LogP contribution in [0.5, 0.6) is 0 Å². The van der Waals surface area contributed by atoms with E-state index in [1.807, 2.05) is 17.6 Å². The second kappa shape index (κ2) is 5.69. The Kier molecular flexibility index (Phi) is 3.54. The average Bonchev–Trinajstić information content (AvgIpc) is 3.29. The molecular weight excluding hydrogens is 292 g/mol. The predicted molar refractivity (Wildman–Crippen MR) is 88.2 cm³/mol. The van der Waals surface area contributed by atoms with Crippen molar-refractivity contribution in [2.75, 3.05) is 0 Å². The highest BCUT2D eigenvalue weighted by molar-refractivity contribution is 7.08. The fraction of sp³-hybridized carbons (Fsp3) is 0.333. The summed E-state index contributed by atoms with van der Waals surface area (Å²) in [4.78, 5) is 16.8. The fourth-order valence-electron chi connectivity index (χ4n) is 3.55. The van der Waals surface area contributed by atoms with Gasteiger partial charge in [-0.2, -0.15) is 11.3 Å². The van der Waals surface area contributed by atoms with Crippen molar-refractivity contribution < 1.29 is 4.79 Å². The van der Waals surface area contributed by atoms with Crippen LogP contribution in [0.2, 0.25) is 0 Å². The minimum atomic E-state index is 0.174. The molecule has 1 fully saturated rings. The van der Waals surface area contributed by atoms with Crippen LogP contribution in [0.3, 0.4) is 0 Å². The zero-order valence-electron chi connectivity index (χ0n) is 12.2. The van der Waals surface area contributed by atoms with Crippen LogP contribution in [0.1, 0.15) is 18.4 Å². The summed E-state index contributed by atoms with van der Waals surface area (Å²) in [6, 6.07) is 6.09. The van der Waals surface area contributed by atoms with Crippen LogP contribution in [0, 0.1) is 17.8 Å².